The second-order valence-electron chi connectivity index (χ2n) is 5.09. The fourth-order valence-electron chi connectivity index (χ4n) is 2.28. The van der Waals surface area contributed by atoms with Crippen molar-refractivity contribution >= 4 is 23.7 Å². The van der Waals surface area contributed by atoms with E-state index < -0.39 is 0 Å². The van der Waals surface area contributed by atoms with E-state index in [0.717, 1.165) is 35.8 Å². The summed E-state index contributed by atoms with van der Waals surface area (Å²) in [5, 5.41) is 0. The van der Waals surface area contributed by atoms with Crippen LogP contribution in [0, 0.1) is 5.92 Å². The van der Waals surface area contributed by atoms with Crippen LogP contribution in [0.5, 0.6) is 5.75 Å². The number of hydrogen-bond acceptors (Lipinski definition) is 3. The van der Waals surface area contributed by atoms with Crippen molar-refractivity contribution in [2.45, 2.75) is 33.7 Å². The predicted molar refractivity (Wildman–Crippen MR) is 83.3 cm³/mol. The van der Waals surface area contributed by atoms with E-state index in [1.54, 1.807) is 0 Å². The average molecular weight is 278 g/mol. The van der Waals surface area contributed by atoms with E-state index in [2.05, 4.69) is 37.1 Å². The molecule has 0 spiro atoms. The number of nitrogens with zero attached hydrogens (tertiary/aromatic N) is 2. The summed E-state index contributed by atoms with van der Waals surface area (Å²) in [5.74, 6) is 3.43. The predicted octanol–water partition coefficient (Wildman–Crippen LogP) is 3.56. The molecule has 0 fully saturated rings. The minimum absolute atomic E-state index is 0.600. The number of ether oxygens (including phenoxy) is 1. The molecule has 0 aliphatic heterocycles. The van der Waals surface area contributed by atoms with E-state index in [9.17, 15) is 0 Å². The molecule has 1 aromatic heterocycles. The molecule has 2 rings (SSSR count). The Hall–Kier alpha value is -1.16. The van der Waals surface area contributed by atoms with E-state index in [4.69, 9.17) is 9.72 Å². The Balaban J connectivity index is 2.46. The molecule has 4 heteroatoms. The largest absolute Gasteiger partial charge is 0.494 e. The van der Waals surface area contributed by atoms with Gasteiger partial charge in [-0.1, -0.05) is 13.8 Å². The van der Waals surface area contributed by atoms with Crippen LogP contribution in [0.3, 0.4) is 0 Å². The van der Waals surface area contributed by atoms with Gasteiger partial charge in [0.05, 0.1) is 17.6 Å². The van der Waals surface area contributed by atoms with E-state index in [1.807, 2.05) is 19.1 Å². The zero-order valence-electron chi connectivity index (χ0n) is 11.9. The minimum atomic E-state index is 0.600. The van der Waals surface area contributed by atoms with Crippen LogP contribution in [-0.4, -0.2) is 21.9 Å². The maximum absolute atomic E-state index is 5.54. The molecule has 1 aromatic carbocycles. The van der Waals surface area contributed by atoms with Crippen molar-refractivity contribution in [3.05, 3.63) is 24.0 Å². The minimum Gasteiger partial charge on any atom is -0.494 e. The third-order valence-corrected chi connectivity index (χ3v) is 3.22. The highest BCUT2D eigenvalue weighted by molar-refractivity contribution is 7.80. The van der Waals surface area contributed by atoms with Crippen LogP contribution in [0.4, 0.5) is 0 Å². The lowest BCUT2D eigenvalue weighted by molar-refractivity contribution is 0.340. The van der Waals surface area contributed by atoms with Crippen LogP contribution < -0.4 is 4.74 Å². The Labute approximate surface area is 120 Å². The van der Waals surface area contributed by atoms with Crippen molar-refractivity contribution in [1.29, 1.82) is 0 Å². The van der Waals surface area contributed by atoms with E-state index in [-0.39, 0.29) is 0 Å². The summed E-state index contributed by atoms with van der Waals surface area (Å²) >= 11 is 4.33. The molecule has 0 N–H and O–H groups in total. The molecule has 2 aromatic rings. The van der Waals surface area contributed by atoms with Crippen LogP contribution in [0.1, 0.15) is 26.6 Å². The molecule has 3 nitrogen and oxygen atoms in total. The first-order chi connectivity index (χ1) is 9.15. The van der Waals surface area contributed by atoms with Crippen molar-refractivity contribution in [2.75, 3.05) is 12.4 Å². The molecule has 1 heterocycles. The molecule has 0 unspecified atom stereocenters. The zero-order chi connectivity index (χ0) is 13.8. The molecule has 0 amide bonds. The Morgan fingerprint density at radius 1 is 1.37 bits per heavy atom. The highest BCUT2D eigenvalue weighted by Crippen LogP contribution is 2.23. The second-order valence-corrected chi connectivity index (χ2v) is 5.54. The van der Waals surface area contributed by atoms with Gasteiger partial charge in [-0.05, 0) is 30.7 Å². The SMILES string of the molecule is CCOc1ccc2c(c1)nc(CCS)n2CC(C)C. The second kappa shape index (κ2) is 6.33. The van der Waals surface area contributed by atoms with Crippen LogP contribution in [0.2, 0.25) is 0 Å². The molecule has 19 heavy (non-hydrogen) atoms. The van der Waals surface area contributed by atoms with Crippen molar-refractivity contribution in [3.63, 3.8) is 0 Å². The summed E-state index contributed by atoms with van der Waals surface area (Å²) in [6, 6.07) is 6.16. The van der Waals surface area contributed by atoms with Crippen LogP contribution in [-0.2, 0) is 13.0 Å². The lowest BCUT2D eigenvalue weighted by Gasteiger charge is -2.11. The van der Waals surface area contributed by atoms with Gasteiger partial charge in [0.1, 0.15) is 11.6 Å². The molecule has 0 bridgehead atoms. The molecular weight excluding hydrogens is 256 g/mol. The number of imidazole rings is 1. The summed E-state index contributed by atoms with van der Waals surface area (Å²) < 4.78 is 7.85. The van der Waals surface area contributed by atoms with Gasteiger partial charge in [-0.25, -0.2) is 4.98 Å². The Kier molecular flexibility index (Phi) is 4.75. The number of benzene rings is 1. The highest BCUT2D eigenvalue weighted by atomic mass is 32.1. The molecule has 0 aliphatic rings. The lowest BCUT2D eigenvalue weighted by atomic mass is 10.2. The first-order valence-corrected chi connectivity index (χ1v) is 7.51. The van der Waals surface area contributed by atoms with Gasteiger partial charge in [0.25, 0.3) is 0 Å². The zero-order valence-corrected chi connectivity index (χ0v) is 12.8. The molecule has 0 radical (unpaired) electrons. The topological polar surface area (TPSA) is 27.1 Å². The van der Waals surface area contributed by atoms with Crippen molar-refractivity contribution < 1.29 is 4.74 Å². The first kappa shape index (κ1) is 14.3. The van der Waals surface area contributed by atoms with Gasteiger partial charge in [0.2, 0.25) is 0 Å². The normalized spacial score (nSPS) is 11.4. The summed E-state index contributed by atoms with van der Waals surface area (Å²) in [6.07, 6.45) is 0.897. The van der Waals surface area contributed by atoms with Crippen LogP contribution >= 0.6 is 12.6 Å². The maximum atomic E-state index is 5.54. The fourth-order valence-corrected chi connectivity index (χ4v) is 2.48. The lowest BCUT2D eigenvalue weighted by Crippen LogP contribution is -2.09. The molecule has 0 aliphatic carbocycles. The third kappa shape index (κ3) is 3.24. The number of rotatable bonds is 6. The van der Waals surface area contributed by atoms with Gasteiger partial charge in [0, 0.05) is 19.0 Å². The van der Waals surface area contributed by atoms with Gasteiger partial charge in [0.15, 0.2) is 0 Å². The number of aryl methyl sites for hydroxylation is 1. The third-order valence-electron chi connectivity index (χ3n) is 2.99. The van der Waals surface area contributed by atoms with Gasteiger partial charge >= 0.3 is 0 Å². The summed E-state index contributed by atoms with van der Waals surface area (Å²) in [6.45, 7) is 8.12. The number of thiol groups is 1. The summed E-state index contributed by atoms with van der Waals surface area (Å²) in [4.78, 5) is 4.73. The molecule has 104 valence electrons. The molecule has 0 saturated heterocycles. The number of aromatic nitrogens is 2. The number of fused-ring (bicyclic) bond motifs is 1. The molecule has 0 atom stereocenters. The van der Waals surface area contributed by atoms with Crippen LogP contribution in [0.15, 0.2) is 18.2 Å². The van der Waals surface area contributed by atoms with E-state index >= 15 is 0 Å². The Bertz CT molecular complexity index is 548. The molecular formula is C15H22N2OS. The standard InChI is InChI=1S/C15H22N2OS/c1-4-18-12-5-6-14-13(9-12)16-15(7-8-19)17(14)10-11(2)3/h5-6,9,11,19H,4,7-8,10H2,1-3H3. The summed E-state index contributed by atoms with van der Waals surface area (Å²) in [5.41, 5.74) is 2.21. The number of hydrogen-bond donors (Lipinski definition) is 1. The van der Waals surface area contributed by atoms with Crippen molar-refractivity contribution in [3.8, 4) is 5.75 Å². The first-order valence-electron chi connectivity index (χ1n) is 6.88. The van der Waals surface area contributed by atoms with Gasteiger partial charge < -0.3 is 9.30 Å². The molecule has 0 saturated carbocycles. The Morgan fingerprint density at radius 2 is 2.16 bits per heavy atom. The maximum Gasteiger partial charge on any atom is 0.121 e. The summed E-state index contributed by atoms with van der Waals surface area (Å²) in [7, 11) is 0. The van der Waals surface area contributed by atoms with Gasteiger partial charge in [-0.2, -0.15) is 12.6 Å². The highest BCUT2D eigenvalue weighted by Gasteiger charge is 2.12. The van der Waals surface area contributed by atoms with E-state index in [1.165, 1.54) is 5.52 Å². The smallest absolute Gasteiger partial charge is 0.121 e. The van der Waals surface area contributed by atoms with Crippen molar-refractivity contribution in [1.82, 2.24) is 9.55 Å². The monoisotopic (exact) mass is 278 g/mol. The quantitative estimate of drug-likeness (QED) is 0.818. The Morgan fingerprint density at radius 3 is 2.79 bits per heavy atom. The van der Waals surface area contributed by atoms with Crippen molar-refractivity contribution in [2.24, 2.45) is 5.92 Å². The van der Waals surface area contributed by atoms with Crippen LogP contribution in [0.25, 0.3) is 11.0 Å². The van der Waals surface area contributed by atoms with Gasteiger partial charge in [-0.15, -0.1) is 0 Å². The average Bonchev–Trinajstić information content (AvgIpc) is 2.67. The fraction of sp³-hybridized carbons (Fsp3) is 0.533. The van der Waals surface area contributed by atoms with E-state index in [0.29, 0.717) is 12.5 Å². The van der Waals surface area contributed by atoms with Gasteiger partial charge in [-0.3, -0.25) is 0 Å².